The van der Waals surface area contributed by atoms with Gasteiger partial charge in [-0.1, -0.05) is 17.7 Å². The predicted octanol–water partition coefficient (Wildman–Crippen LogP) is 1.47. The highest BCUT2D eigenvalue weighted by molar-refractivity contribution is 6.30. The third-order valence-electron chi connectivity index (χ3n) is 3.76. The van der Waals surface area contributed by atoms with Crippen molar-refractivity contribution in [1.82, 2.24) is 14.7 Å². The summed E-state index contributed by atoms with van der Waals surface area (Å²) in [6.07, 6.45) is 2.32. The molecule has 6 nitrogen and oxygen atoms in total. The zero-order chi connectivity index (χ0) is 15.7. The number of amides is 2. The summed E-state index contributed by atoms with van der Waals surface area (Å²) in [5, 5.41) is 4.89. The van der Waals surface area contributed by atoms with Crippen molar-refractivity contribution in [2.45, 2.75) is 6.42 Å². The van der Waals surface area contributed by atoms with E-state index in [-0.39, 0.29) is 17.7 Å². The van der Waals surface area contributed by atoms with E-state index in [1.54, 1.807) is 34.0 Å². The number of benzene rings is 1. The van der Waals surface area contributed by atoms with Crippen molar-refractivity contribution in [2.24, 2.45) is 11.7 Å². The van der Waals surface area contributed by atoms with E-state index in [0.717, 1.165) is 5.69 Å². The molecule has 2 amide bonds. The van der Waals surface area contributed by atoms with Crippen LogP contribution in [-0.4, -0.2) is 39.6 Å². The van der Waals surface area contributed by atoms with Gasteiger partial charge in [0.2, 0.25) is 5.91 Å². The molecular formula is C15H15ClN4O2. The summed E-state index contributed by atoms with van der Waals surface area (Å²) in [6, 6.07) is 8.86. The highest BCUT2D eigenvalue weighted by atomic mass is 35.5. The smallest absolute Gasteiger partial charge is 0.274 e. The molecule has 0 spiro atoms. The minimum Gasteiger partial charge on any atom is -0.369 e. The average Bonchev–Trinajstić information content (AvgIpc) is 3.16. The lowest BCUT2D eigenvalue weighted by atomic mass is 10.1. The Bertz CT molecular complexity index is 728. The van der Waals surface area contributed by atoms with Crippen LogP contribution in [0.25, 0.3) is 5.69 Å². The largest absolute Gasteiger partial charge is 0.369 e. The van der Waals surface area contributed by atoms with Crippen LogP contribution in [0, 0.1) is 5.92 Å². The number of likely N-dealkylation sites (tertiary alicyclic amines) is 1. The molecule has 7 heteroatoms. The topological polar surface area (TPSA) is 81.2 Å². The fourth-order valence-electron chi connectivity index (χ4n) is 2.54. The average molecular weight is 319 g/mol. The summed E-state index contributed by atoms with van der Waals surface area (Å²) < 4.78 is 1.60. The minimum atomic E-state index is -0.361. The number of carbonyl (C=O) groups is 2. The number of carbonyl (C=O) groups excluding carboxylic acids is 2. The van der Waals surface area contributed by atoms with E-state index in [9.17, 15) is 9.59 Å². The third kappa shape index (κ3) is 2.82. The van der Waals surface area contributed by atoms with E-state index in [2.05, 4.69) is 5.10 Å². The van der Waals surface area contributed by atoms with Crippen LogP contribution in [0.1, 0.15) is 16.9 Å². The fourth-order valence-corrected chi connectivity index (χ4v) is 2.72. The second-order valence-electron chi connectivity index (χ2n) is 5.26. The van der Waals surface area contributed by atoms with Crippen LogP contribution < -0.4 is 5.73 Å². The number of hydrogen-bond acceptors (Lipinski definition) is 3. The van der Waals surface area contributed by atoms with Crippen molar-refractivity contribution >= 4 is 23.4 Å². The molecule has 1 aromatic heterocycles. The highest BCUT2D eigenvalue weighted by Crippen LogP contribution is 2.19. The van der Waals surface area contributed by atoms with Crippen LogP contribution in [0.4, 0.5) is 0 Å². The van der Waals surface area contributed by atoms with Gasteiger partial charge in [0, 0.05) is 24.3 Å². The molecule has 0 aliphatic carbocycles. The second-order valence-corrected chi connectivity index (χ2v) is 5.70. The molecule has 22 heavy (non-hydrogen) atoms. The van der Waals surface area contributed by atoms with Crippen LogP contribution in [0.15, 0.2) is 36.5 Å². The van der Waals surface area contributed by atoms with Gasteiger partial charge in [-0.15, -0.1) is 0 Å². The first-order valence-corrected chi connectivity index (χ1v) is 7.32. The molecule has 114 valence electrons. The zero-order valence-corrected chi connectivity index (χ0v) is 12.5. The van der Waals surface area contributed by atoms with E-state index in [1.807, 2.05) is 12.1 Å². The predicted molar refractivity (Wildman–Crippen MR) is 81.8 cm³/mol. The van der Waals surface area contributed by atoms with Crippen molar-refractivity contribution in [3.63, 3.8) is 0 Å². The molecule has 1 aromatic carbocycles. The summed E-state index contributed by atoms with van der Waals surface area (Å²) in [4.78, 5) is 25.2. The molecule has 0 radical (unpaired) electrons. The fraction of sp³-hybridized carbons (Fsp3) is 0.267. The maximum atomic E-state index is 12.4. The van der Waals surface area contributed by atoms with Gasteiger partial charge in [0.05, 0.1) is 11.6 Å². The van der Waals surface area contributed by atoms with Crippen molar-refractivity contribution in [3.8, 4) is 5.69 Å². The van der Waals surface area contributed by atoms with E-state index >= 15 is 0 Å². The molecule has 2 N–H and O–H groups in total. The van der Waals surface area contributed by atoms with Crippen LogP contribution in [0.3, 0.4) is 0 Å². The van der Waals surface area contributed by atoms with Gasteiger partial charge in [0.1, 0.15) is 0 Å². The maximum absolute atomic E-state index is 12.4. The van der Waals surface area contributed by atoms with Crippen LogP contribution in [0.2, 0.25) is 5.02 Å². The highest BCUT2D eigenvalue weighted by Gasteiger charge is 2.31. The van der Waals surface area contributed by atoms with Gasteiger partial charge in [0.15, 0.2) is 5.69 Å². The van der Waals surface area contributed by atoms with E-state index in [0.29, 0.717) is 30.2 Å². The minimum absolute atomic E-state index is 0.190. The van der Waals surface area contributed by atoms with Crippen LogP contribution >= 0.6 is 11.6 Å². The van der Waals surface area contributed by atoms with Crippen molar-refractivity contribution in [2.75, 3.05) is 13.1 Å². The van der Waals surface area contributed by atoms with E-state index in [4.69, 9.17) is 17.3 Å². The molecule has 1 fully saturated rings. The summed E-state index contributed by atoms with van der Waals surface area (Å²) in [5.41, 5.74) is 6.40. The third-order valence-corrected chi connectivity index (χ3v) is 3.99. The first kappa shape index (κ1) is 14.6. The maximum Gasteiger partial charge on any atom is 0.274 e. The summed E-state index contributed by atoms with van der Waals surface area (Å²) >= 11 is 5.95. The van der Waals surface area contributed by atoms with Crippen molar-refractivity contribution < 1.29 is 9.59 Å². The number of aromatic nitrogens is 2. The molecule has 1 aliphatic heterocycles. The Morgan fingerprint density at radius 1 is 1.32 bits per heavy atom. The molecule has 2 heterocycles. The molecule has 0 bridgehead atoms. The van der Waals surface area contributed by atoms with Gasteiger partial charge >= 0.3 is 0 Å². The van der Waals surface area contributed by atoms with Crippen LogP contribution in [-0.2, 0) is 4.79 Å². The van der Waals surface area contributed by atoms with Crippen LogP contribution in [0.5, 0.6) is 0 Å². The van der Waals surface area contributed by atoms with Gasteiger partial charge in [-0.05, 0) is 30.7 Å². The molecular weight excluding hydrogens is 304 g/mol. The van der Waals surface area contributed by atoms with Gasteiger partial charge in [-0.3, -0.25) is 9.59 Å². The lowest BCUT2D eigenvalue weighted by Crippen LogP contribution is -2.32. The molecule has 2 aromatic rings. The zero-order valence-electron chi connectivity index (χ0n) is 11.8. The number of primary amides is 1. The summed E-state index contributed by atoms with van der Waals surface area (Å²) in [5.74, 6) is -0.816. The Balaban J connectivity index is 1.77. The number of nitrogens with two attached hydrogens (primary N) is 1. The molecule has 1 aliphatic rings. The summed E-state index contributed by atoms with van der Waals surface area (Å²) in [6.45, 7) is 0.884. The molecule has 3 rings (SSSR count). The van der Waals surface area contributed by atoms with Gasteiger partial charge < -0.3 is 10.6 Å². The van der Waals surface area contributed by atoms with Crippen molar-refractivity contribution in [3.05, 3.63) is 47.2 Å². The Labute approximate surface area is 132 Å². The first-order valence-electron chi connectivity index (χ1n) is 6.95. The first-order chi connectivity index (χ1) is 10.5. The lowest BCUT2D eigenvalue weighted by molar-refractivity contribution is -0.121. The monoisotopic (exact) mass is 318 g/mol. The molecule has 0 saturated carbocycles. The van der Waals surface area contributed by atoms with Gasteiger partial charge in [-0.2, -0.15) is 5.10 Å². The lowest BCUT2D eigenvalue weighted by Gasteiger charge is -2.14. The standard InChI is InChI=1S/C15H15ClN4O2/c16-11-2-1-3-12(8-11)20-7-5-13(18-20)15(22)19-6-4-10(9-19)14(17)21/h1-3,5,7-8,10H,4,6,9H2,(H2,17,21)/t10-/m0/s1. The Morgan fingerprint density at radius 3 is 2.82 bits per heavy atom. The Morgan fingerprint density at radius 2 is 2.14 bits per heavy atom. The Kier molecular flexibility index (Phi) is 3.85. The number of halogens is 1. The SMILES string of the molecule is NC(=O)[C@H]1CCN(C(=O)c2ccn(-c3cccc(Cl)c3)n2)C1. The van der Waals surface area contributed by atoms with E-state index < -0.39 is 0 Å². The molecule has 1 saturated heterocycles. The molecule has 0 unspecified atom stereocenters. The number of rotatable bonds is 3. The van der Waals surface area contributed by atoms with Gasteiger partial charge in [-0.25, -0.2) is 4.68 Å². The molecule has 1 atom stereocenters. The second kappa shape index (κ2) is 5.81. The normalized spacial score (nSPS) is 17.7. The Hall–Kier alpha value is -2.34. The van der Waals surface area contributed by atoms with Crippen molar-refractivity contribution in [1.29, 1.82) is 0 Å². The number of hydrogen-bond donors (Lipinski definition) is 1. The number of nitrogens with zero attached hydrogens (tertiary/aromatic N) is 3. The quantitative estimate of drug-likeness (QED) is 0.930. The van der Waals surface area contributed by atoms with E-state index in [1.165, 1.54) is 0 Å². The summed E-state index contributed by atoms with van der Waals surface area (Å²) in [7, 11) is 0. The van der Waals surface area contributed by atoms with Gasteiger partial charge in [0.25, 0.3) is 5.91 Å².